The Bertz CT molecular complexity index is 844. The van der Waals surface area contributed by atoms with Crippen molar-refractivity contribution in [3.05, 3.63) is 53.5 Å². The minimum Gasteiger partial charge on any atom is -0.275 e. The van der Waals surface area contributed by atoms with Gasteiger partial charge in [0.1, 0.15) is 5.82 Å². The number of nitrogens with zero attached hydrogens (tertiary/aromatic N) is 2. The summed E-state index contributed by atoms with van der Waals surface area (Å²) in [7, 11) is 1.91. The van der Waals surface area contributed by atoms with Crippen molar-refractivity contribution < 1.29 is 4.39 Å². The Morgan fingerprint density at radius 1 is 1.24 bits per heavy atom. The Morgan fingerprint density at radius 3 is 2.81 bits per heavy atom. The lowest BCUT2D eigenvalue weighted by Crippen LogP contribution is -1.93. The smallest absolute Gasteiger partial charge is 0.127 e. The van der Waals surface area contributed by atoms with Gasteiger partial charge in [-0.1, -0.05) is 18.2 Å². The highest BCUT2D eigenvalue weighted by Gasteiger charge is 2.27. The number of halogens is 1. The highest BCUT2D eigenvalue weighted by atomic mass is 19.1. The van der Waals surface area contributed by atoms with Crippen LogP contribution < -0.4 is 0 Å². The van der Waals surface area contributed by atoms with Crippen LogP contribution in [0.1, 0.15) is 29.9 Å². The van der Waals surface area contributed by atoms with Gasteiger partial charge in [0.05, 0.1) is 5.52 Å². The third-order valence-corrected chi connectivity index (χ3v) is 4.38. The van der Waals surface area contributed by atoms with Crippen LogP contribution in [0.15, 0.2) is 36.5 Å². The molecule has 3 heteroatoms. The van der Waals surface area contributed by atoms with Crippen LogP contribution in [0.3, 0.4) is 0 Å². The molecule has 1 aliphatic carbocycles. The molecule has 3 aromatic rings. The zero-order valence-corrected chi connectivity index (χ0v) is 12.2. The summed E-state index contributed by atoms with van der Waals surface area (Å²) in [6.07, 6.45) is 4.36. The van der Waals surface area contributed by atoms with Gasteiger partial charge in [0.15, 0.2) is 0 Å². The second-order valence-electron chi connectivity index (χ2n) is 5.99. The predicted molar refractivity (Wildman–Crippen MR) is 82.8 cm³/mol. The number of aryl methyl sites for hydroxylation is 1. The van der Waals surface area contributed by atoms with Crippen molar-refractivity contribution in [1.82, 2.24) is 9.78 Å². The summed E-state index contributed by atoms with van der Waals surface area (Å²) in [4.78, 5) is 0. The zero-order chi connectivity index (χ0) is 14.6. The summed E-state index contributed by atoms with van der Waals surface area (Å²) in [5.74, 6) is 0.447. The minimum atomic E-state index is -0.102. The Labute approximate surface area is 123 Å². The Morgan fingerprint density at radius 2 is 2.05 bits per heavy atom. The number of hydrogen-bond donors (Lipinski definition) is 0. The van der Waals surface area contributed by atoms with E-state index in [1.165, 1.54) is 18.4 Å². The average molecular weight is 280 g/mol. The quantitative estimate of drug-likeness (QED) is 0.672. The Hall–Kier alpha value is -2.16. The lowest BCUT2D eigenvalue weighted by Gasteiger charge is -2.10. The van der Waals surface area contributed by atoms with Gasteiger partial charge in [-0.2, -0.15) is 5.10 Å². The maximum absolute atomic E-state index is 14.3. The highest BCUT2D eigenvalue weighted by molar-refractivity contribution is 5.94. The Kier molecular flexibility index (Phi) is 2.64. The van der Waals surface area contributed by atoms with E-state index in [2.05, 4.69) is 11.2 Å². The fourth-order valence-corrected chi connectivity index (χ4v) is 3.09. The van der Waals surface area contributed by atoms with Crippen molar-refractivity contribution >= 4 is 10.9 Å². The minimum absolute atomic E-state index is 0.102. The van der Waals surface area contributed by atoms with Crippen LogP contribution in [0.25, 0.3) is 22.0 Å². The van der Waals surface area contributed by atoms with Crippen molar-refractivity contribution in [2.75, 3.05) is 0 Å². The molecule has 0 amide bonds. The summed E-state index contributed by atoms with van der Waals surface area (Å²) in [5.41, 5.74) is 4.94. The van der Waals surface area contributed by atoms with Gasteiger partial charge in [0.25, 0.3) is 0 Å². The molecular weight excluding hydrogens is 263 g/mol. The molecule has 0 atom stereocenters. The Balaban J connectivity index is 1.96. The number of rotatable bonds is 2. The van der Waals surface area contributed by atoms with E-state index in [1.54, 1.807) is 10.7 Å². The third-order valence-electron chi connectivity index (χ3n) is 4.38. The van der Waals surface area contributed by atoms with Crippen LogP contribution >= 0.6 is 0 Å². The second kappa shape index (κ2) is 4.42. The molecule has 0 aliphatic heterocycles. The van der Waals surface area contributed by atoms with Crippen LogP contribution in [0.4, 0.5) is 4.39 Å². The first kappa shape index (κ1) is 12.6. The van der Waals surface area contributed by atoms with E-state index < -0.39 is 0 Å². The molecule has 106 valence electrons. The number of hydrogen-bond acceptors (Lipinski definition) is 1. The first-order valence-corrected chi connectivity index (χ1v) is 7.36. The van der Waals surface area contributed by atoms with Gasteiger partial charge in [-0.05, 0) is 60.1 Å². The summed E-state index contributed by atoms with van der Waals surface area (Å²) < 4.78 is 16.1. The number of aromatic nitrogens is 2. The van der Waals surface area contributed by atoms with Crippen molar-refractivity contribution in [2.24, 2.45) is 7.05 Å². The van der Waals surface area contributed by atoms with Crippen LogP contribution in [-0.4, -0.2) is 9.78 Å². The molecule has 1 heterocycles. The lowest BCUT2D eigenvalue weighted by atomic mass is 9.95. The van der Waals surface area contributed by atoms with Crippen molar-refractivity contribution in [3.8, 4) is 11.1 Å². The fraction of sp³-hybridized carbons (Fsp3) is 0.278. The van der Waals surface area contributed by atoms with Gasteiger partial charge in [0, 0.05) is 18.6 Å². The highest BCUT2D eigenvalue weighted by Crippen LogP contribution is 2.44. The molecule has 1 aromatic heterocycles. The summed E-state index contributed by atoms with van der Waals surface area (Å²) in [6.45, 7) is 1.89. The molecule has 1 saturated carbocycles. The summed E-state index contributed by atoms with van der Waals surface area (Å²) >= 11 is 0. The summed E-state index contributed by atoms with van der Waals surface area (Å²) in [6, 6.07) is 9.84. The molecule has 0 radical (unpaired) electrons. The van der Waals surface area contributed by atoms with Crippen LogP contribution in [-0.2, 0) is 7.05 Å². The van der Waals surface area contributed by atoms with Crippen molar-refractivity contribution in [1.29, 1.82) is 0 Å². The normalized spacial score (nSPS) is 14.8. The molecule has 0 saturated heterocycles. The molecule has 1 fully saturated rings. The largest absolute Gasteiger partial charge is 0.275 e. The molecule has 1 aliphatic rings. The van der Waals surface area contributed by atoms with E-state index in [1.807, 2.05) is 38.4 Å². The summed E-state index contributed by atoms with van der Waals surface area (Å²) in [5, 5.41) is 5.51. The predicted octanol–water partition coefficient (Wildman–Crippen LogP) is 4.57. The van der Waals surface area contributed by atoms with E-state index in [0.29, 0.717) is 5.92 Å². The molecule has 0 bridgehead atoms. The first-order valence-electron chi connectivity index (χ1n) is 7.36. The van der Waals surface area contributed by atoms with E-state index in [4.69, 9.17) is 0 Å². The van der Waals surface area contributed by atoms with Gasteiger partial charge >= 0.3 is 0 Å². The fourth-order valence-electron chi connectivity index (χ4n) is 3.09. The van der Waals surface area contributed by atoms with Gasteiger partial charge in [0.2, 0.25) is 0 Å². The van der Waals surface area contributed by atoms with Crippen molar-refractivity contribution in [2.45, 2.75) is 25.7 Å². The molecule has 4 rings (SSSR count). The SMILES string of the molecule is Cc1c(F)cc(-c2cccc3nn(C)cc23)cc1C1CC1. The van der Waals surface area contributed by atoms with Gasteiger partial charge in [-0.15, -0.1) is 0 Å². The molecular formula is C18H17FN2. The topological polar surface area (TPSA) is 17.8 Å². The van der Waals surface area contributed by atoms with Gasteiger partial charge in [-0.3, -0.25) is 4.68 Å². The second-order valence-corrected chi connectivity index (χ2v) is 5.99. The average Bonchev–Trinajstić information content (AvgIpc) is 3.22. The maximum Gasteiger partial charge on any atom is 0.127 e. The zero-order valence-electron chi connectivity index (χ0n) is 12.2. The maximum atomic E-state index is 14.3. The van der Waals surface area contributed by atoms with Crippen LogP contribution in [0.5, 0.6) is 0 Å². The molecule has 0 spiro atoms. The molecule has 2 nitrogen and oxygen atoms in total. The van der Waals surface area contributed by atoms with E-state index >= 15 is 0 Å². The standard InChI is InChI=1S/C18H17FN2/c1-11-15(12-6-7-12)8-13(9-17(11)19)14-4-3-5-18-16(14)10-21(2)20-18/h3-5,8-10,12H,6-7H2,1-2H3. The number of benzene rings is 2. The van der Waals surface area contributed by atoms with E-state index in [9.17, 15) is 4.39 Å². The lowest BCUT2D eigenvalue weighted by molar-refractivity contribution is 0.616. The van der Waals surface area contributed by atoms with Crippen LogP contribution in [0, 0.1) is 12.7 Å². The monoisotopic (exact) mass is 280 g/mol. The molecule has 2 aromatic carbocycles. The van der Waals surface area contributed by atoms with Crippen LogP contribution in [0.2, 0.25) is 0 Å². The van der Waals surface area contributed by atoms with E-state index in [-0.39, 0.29) is 5.82 Å². The molecule has 21 heavy (non-hydrogen) atoms. The first-order chi connectivity index (χ1) is 10.1. The number of fused-ring (bicyclic) bond motifs is 1. The third kappa shape index (κ3) is 2.04. The van der Waals surface area contributed by atoms with Gasteiger partial charge < -0.3 is 0 Å². The van der Waals surface area contributed by atoms with Gasteiger partial charge in [-0.25, -0.2) is 4.39 Å². The van der Waals surface area contributed by atoms with Crippen molar-refractivity contribution in [3.63, 3.8) is 0 Å². The molecule has 0 unspecified atom stereocenters. The molecule has 0 N–H and O–H groups in total. The van der Waals surface area contributed by atoms with E-state index in [0.717, 1.165) is 27.6 Å².